The minimum Gasteiger partial charge on any atom is -0.354 e. The van der Waals surface area contributed by atoms with Crippen molar-refractivity contribution in [1.82, 2.24) is 20.4 Å². The fourth-order valence-electron chi connectivity index (χ4n) is 7.54. The number of rotatable bonds is 9. The third kappa shape index (κ3) is 5.57. The first-order valence-electron chi connectivity index (χ1n) is 17.5. The first-order valence-corrected chi connectivity index (χ1v) is 17.5. The molecule has 1 unspecified atom stereocenters. The lowest BCUT2D eigenvalue weighted by Gasteiger charge is -2.27. The third-order valence-electron chi connectivity index (χ3n) is 10.0. The summed E-state index contributed by atoms with van der Waals surface area (Å²) in [6.07, 6.45) is 5.71. The molecule has 0 saturated heterocycles. The highest BCUT2D eigenvalue weighted by Crippen LogP contribution is 2.42. The van der Waals surface area contributed by atoms with Crippen molar-refractivity contribution in [3.63, 3.8) is 0 Å². The largest absolute Gasteiger partial charge is 0.354 e. The van der Waals surface area contributed by atoms with Crippen molar-refractivity contribution in [2.75, 3.05) is 5.12 Å². The maximum absolute atomic E-state index is 3.69. The van der Waals surface area contributed by atoms with Crippen LogP contribution in [0, 0.1) is 0 Å². The van der Waals surface area contributed by atoms with Crippen molar-refractivity contribution in [2.24, 2.45) is 0 Å². The Bertz CT molecular complexity index is 2450. The van der Waals surface area contributed by atoms with Crippen LogP contribution in [0.5, 0.6) is 0 Å². The van der Waals surface area contributed by atoms with Gasteiger partial charge < -0.3 is 9.55 Å². The average molecular weight is 650 g/mol. The molecule has 8 aromatic rings. The lowest BCUT2D eigenvalue weighted by atomic mass is 9.93. The van der Waals surface area contributed by atoms with Crippen LogP contribution in [0.4, 0.5) is 5.69 Å². The molecule has 1 aliphatic carbocycles. The van der Waals surface area contributed by atoms with Gasteiger partial charge in [-0.1, -0.05) is 122 Å². The minimum atomic E-state index is 0.407. The van der Waals surface area contributed by atoms with Gasteiger partial charge in [-0.2, -0.15) is 0 Å². The molecular formula is C45H39N5. The minimum absolute atomic E-state index is 0.407. The van der Waals surface area contributed by atoms with Gasteiger partial charge in [-0.15, -0.1) is 0 Å². The van der Waals surface area contributed by atoms with E-state index in [4.69, 9.17) is 0 Å². The van der Waals surface area contributed by atoms with Gasteiger partial charge in [0.25, 0.3) is 0 Å². The summed E-state index contributed by atoms with van der Waals surface area (Å²) < 4.78 is 2.51. The van der Waals surface area contributed by atoms with E-state index in [9.17, 15) is 0 Å². The van der Waals surface area contributed by atoms with Gasteiger partial charge >= 0.3 is 0 Å². The molecule has 244 valence electrons. The highest BCUT2D eigenvalue weighted by Gasteiger charge is 2.24. The molecule has 5 nitrogen and oxygen atoms in total. The molecule has 0 aliphatic heterocycles. The number of H-pyrrole nitrogens is 1. The molecule has 9 rings (SSSR count). The molecule has 2 aromatic heterocycles. The van der Waals surface area contributed by atoms with Crippen molar-refractivity contribution < 1.29 is 0 Å². The van der Waals surface area contributed by atoms with Gasteiger partial charge in [0.15, 0.2) is 0 Å². The topological polar surface area (TPSA) is 48.0 Å². The van der Waals surface area contributed by atoms with E-state index in [1.807, 2.05) is 0 Å². The van der Waals surface area contributed by atoms with E-state index in [1.165, 1.54) is 66.3 Å². The second kappa shape index (κ2) is 12.9. The molecule has 1 aliphatic rings. The zero-order valence-corrected chi connectivity index (χ0v) is 28.1. The Morgan fingerprint density at radius 3 is 2.08 bits per heavy atom. The number of hydrogen-bond acceptors (Lipinski definition) is 3. The van der Waals surface area contributed by atoms with Gasteiger partial charge in [-0.3, -0.25) is 0 Å². The van der Waals surface area contributed by atoms with E-state index in [1.54, 1.807) is 0 Å². The zero-order valence-electron chi connectivity index (χ0n) is 28.1. The average Bonchev–Trinajstić information content (AvgIpc) is 3.70. The number of aromatic nitrogens is 2. The van der Waals surface area contributed by atoms with Crippen molar-refractivity contribution >= 4 is 44.5 Å². The lowest BCUT2D eigenvalue weighted by molar-refractivity contribution is 0.520. The molecule has 5 heteroatoms. The van der Waals surface area contributed by atoms with Gasteiger partial charge in [-0.25, -0.2) is 16.0 Å². The summed E-state index contributed by atoms with van der Waals surface area (Å²) >= 11 is 0. The molecule has 1 atom stereocenters. The van der Waals surface area contributed by atoms with Crippen molar-refractivity contribution in [3.8, 4) is 16.8 Å². The molecule has 0 spiro atoms. The molecular weight excluding hydrogens is 611 g/mol. The van der Waals surface area contributed by atoms with Crippen molar-refractivity contribution in [2.45, 2.75) is 32.4 Å². The highest BCUT2D eigenvalue weighted by molar-refractivity contribution is 6.13. The molecule has 3 N–H and O–H groups in total. The first kappa shape index (κ1) is 30.2. The predicted molar refractivity (Wildman–Crippen MR) is 209 cm³/mol. The number of fused-ring (bicyclic) bond motifs is 6. The Hall–Kier alpha value is -5.88. The van der Waals surface area contributed by atoms with E-state index in [0.29, 0.717) is 19.0 Å². The van der Waals surface area contributed by atoms with Crippen LogP contribution in [-0.4, -0.2) is 9.55 Å². The molecule has 0 amide bonds. The summed E-state index contributed by atoms with van der Waals surface area (Å²) in [7, 11) is 0. The Morgan fingerprint density at radius 2 is 1.32 bits per heavy atom. The maximum atomic E-state index is 3.69. The normalized spacial score (nSPS) is 14.1. The number of benzene rings is 6. The zero-order chi connectivity index (χ0) is 33.4. The summed E-state index contributed by atoms with van der Waals surface area (Å²) in [5.41, 5.74) is 20.6. The number of hydrogen-bond donors (Lipinski definition) is 3. The van der Waals surface area contributed by atoms with E-state index in [-0.39, 0.29) is 0 Å². The van der Waals surface area contributed by atoms with E-state index in [0.717, 1.165) is 17.7 Å². The first-order chi connectivity index (χ1) is 24.7. The summed E-state index contributed by atoms with van der Waals surface area (Å²) in [4.78, 5) is 3.69. The summed E-state index contributed by atoms with van der Waals surface area (Å²) in [5, 5.41) is 5.91. The Morgan fingerprint density at radius 1 is 0.640 bits per heavy atom. The summed E-state index contributed by atoms with van der Waals surface area (Å²) in [6, 6.07) is 52.2. The van der Waals surface area contributed by atoms with Crippen LogP contribution in [0.1, 0.15) is 41.6 Å². The Labute approximate surface area is 292 Å². The number of allylic oxidation sites excluding steroid dienone is 1. The molecule has 0 radical (unpaired) electrons. The van der Waals surface area contributed by atoms with Gasteiger partial charge in [0.05, 0.1) is 11.2 Å². The van der Waals surface area contributed by atoms with E-state index < -0.39 is 0 Å². The van der Waals surface area contributed by atoms with Crippen LogP contribution in [0.3, 0.4) is 0 Å². The summed E-state index contributed by atoms with van der Waals surface area (Å²) in [5.74, 6) is 0.407. The smallest absolute Gasteiger partial charge is 0.0708 e. The SMILES string of the molecule is CC1CC=Cc2c1n(-c1cccc(-c3cccc(N(NCc4ccccc4)NCc4ccccc4)c3)c1)c1cc3[nH]c4ccccc4c3cc21. The predicted octanol–water partition coefficient (Wildman–Crippen LogP) is 10.7. The van der Waals surface area contributed by atoms with Crippen LogP contribution in [0.2, 0.25) is 0 Å². The van der Waals surface area contributed by atoms with E-state index in [2.05, 4.69) is 190 Å². The fourth-order valence-corrected chi connectivity index (χ4v) is 7.54. The van der Waals surface area contributed by atoms with Gasteiger partial charge in [0, 0.05) is 63.1 Å². The summed E-state index contributed by atoms with van der Waals surface area (Å²) in [6.45, 7) is 3.75. The number of nitrogens with one attached hydrogen (secondary N) is 3. The van der Waals surface area contributed by atoms with Crippen LogP contribution in [0.25, 0.3) is 55.6 Å². The molecule has 0 fully saturated rings. The van der Waals surface area contributed by atoms with Gasteiger partial charge in [0.2, 0.25) is 0 Å². The second-order valence-corrected chi connectivity index (χ2v) is 13.3. The number of nitrogens with zero attached hydrogens (tertiary/aromatic N) is 2. The van der Waals surface area contributed by atoms with Gasteiger partial charge in [0.1, 0.15) is 0 Å². The number of para-hydroxylation sites is 1. The number of hydrazine groups is 2. The molecule has 0 bridgehead atoms. The third-order valence-corrected chi connectivity index (χ3v) is 10.0. The van der Waals surface area contributed by atoms with Crippen LogP contribution >= 0.6 is 0 Å². The highest BCUT2D eigenvalue weighted by atomic mass is 15.7. The molecule has 0 saturated carbocycles. The van der Waals surface area contributed by atoms with Crippen molar-refractivity contribution in [1.29, 1.82) is 0 Å². The fraction of sp³-hybridized carbons (Fsp3) is 0.111. The quantitative estimate of drug-likeness (QED) is 0.136. The number of aromatic amines is 1. The Balaban J connectivity index is 1.11. The lowest BCUT2D eigenvalue weighted by Crippen LogP contribution is -2.47. The molecule has 2 heterocycles. The van der Waals surface area contributed by atoms with Crippen LogP contribution in [-0.2, 0) is 13.1 Å². The van der Waals surface area contributed by atoms with Crippen molar-refractivity contribution in [3.05, 3.63) is 174 Å². The Kier molecular flexibility index (Phi) is 7.77. The molecule has 50 heavy (non-hydrogen) atoms. The van der Waals surface area contributed by atoms with Crippen LogP contribution < -0.4 is 16.0 Å². The van der Waals surface area contributed by atoms with Crippen LogP contribution in [0.15, 0.2) is 152 Å². The second-order valence-electron chi connectivity index (χ2n) is 13.3. The van der Waals surface area contributed by atoms with E-state index >= 15 is 0 Å². The standard InChI is InChI=1S/C45H39N5/c1-31-13-10-23-39-41-27-40-38-22-8-9-24-42(38)48-43(40)28-44(41)49(45(31)39)36-20-11-18-34(25-36)35-19-12-21-37(26-35)50(46-29-32-14-4-2-5-15-32)47-30-33-16-6-3-7-17-33/h2-12,14-28,31,46-48H,13,29-30H2,1H3. The number of anilines is 1. The van der Waals surface area contributed by atoms with Gasteiger partial charge in [-0.05, 0) is 71.1 Å². The maximum Gasteiger partial charge on any atom is 0.0708 e. The monoisotopic (exact) mass is 649 g/mol. The molecule has 6 aromatic carbocycles.